The zero-order valence-corrected chi connectivity index (χ0v) is 19.1. The molecule has 2 aromatic heterocycles. The smallest absolute Gasteiger partial charge is 0.299 e. The molecule has 0 saturated heterocycles. The molecule has 0 fully saturated rings. The molecule has 1 N–H and O–H groups in total. The molecule has 1 amide bonds. The van der Waals surface area contributed by atoms with E-state index in [1.807, 2.05) is 54.6 Å². The Hall–Kier alpha value is -3.85. The van der Waals surface area contributed by atoms with Crippen LogP contribution in [0.4, 0.5) is 5.13 Å². The minimum absolute atomic E-state index is 0.302. The normalized spacial score (nSPS) is 11.0. The lowest BCUT2D eigenvalue weighted by atomic mass is 10.0. The van der Waals surface area contributed by atoms with E-state index < -0.39 is 23.7 Å². The van der Waals surface area contributed by atoms with Crippen LogP contribution < -0.4 is 16.6 Å². The summed E-state index contributed by atoms with van der Waals surface area (Å²) in [5.74, 6) is -0.0912. The molecular weight excluding hydrogens is 438 g/mol. The van der Waals surface area contributed by atoms with Crippen molar-refractivity contribution in [2.45, 2.75) is 32.9 Å². The lowest BCUT2D eigenvalue weighted by Crippen LogP contribution is -2.41. The highest BCUT2D eigenvalue weighted by Gasteiger charge is 2.14. The van der Waals surface area contributed by atoms with E-state index in [-0.39, 0.29) is 0 Å². The molecule has 0 aliphatic rings. The fourth-order valence-corrected chi connectivity index (χ4v) is 4.07. The Kier molecular flexibility index (Phi) is 6.60. The van der Waals surface area contributed by atoms with E-state index in [4.69, 9.17) is 0 Å². The van der Waals surface area contributed by atoms with Crippen LogP contribution in [0.25, 0.3) is 10.6 Å². The Balaban J connectivity index is 1.46. The van der Waals surface area contributed by atoms with Crippen LogP contribution in [0.1, 0.15) is 30.9 Å². The molecule has 0 atom stereocenters. The van der Waals surface area contributed by atoms with Gasteiger partial charge in [-0.1, -0.05) is 79.8 Å². The van der Waals surface area contributed by atoms with Crippen molar-refractivity contribution in [1.29, 1.82) is 0 Å². The van der Waals surface area contributed by atoms with E-state index in [0.717, 1.165) is 15.7 Å². The number of hydrogen-bond donors (Lipinski definition) is 1. The quantitative estimate of drug-likeness (QED) is 0.455. The lowest BCUT2D eigenvalue weighted by molar-refractivity contribution is -0.116. The van der Waals surface area contributed by atoms with E-state index in [2.05, 4.69) is 29.4 Å². The zero-order valence-electron chi connectivity index (χ0n) is 18.3. The molecule has 0 saturated carbocycles. The Morgan fingerprint density at radius 1 is 1.00 bits per heavy atom. The maximum Gasteiger partial charge on any atom is 0.331 e. The number of carbonyl (C=O) groups excluding carboxylic acids is 1. The zero-order chi connectivity index (χ0) is 23.4. The standard InChI is InChI=1S/C24H23N5O3S/c1-16(2)18-8-10-19(11-9-18)22-26-27-23(33-22)25-20(30)15-29-21(31)12-13-28(24(29)32)14-17-6-4-3-5-7-17/h3-13,16H,14-15H2,1-2H3,(H,25,27,30). The maximum atomic E-state index is 12.8. The lowest BCUT2D eigenvalue weighted by Gasteiger charge is -2.09. The third-order valence-corrected chi connectivity index (χ3v) is 6.02. The predicted octanol–water partition coefficient (Wildman–Crippen LogP) is 3.34. The highest BCUT2D eigenvalue weighted by Crippen LogP contribution is 2.27. The van der Waals surface area contributed by atoms with Crippen molar-refractivity contribution in [3.05, 3.63) is 98.8 Å². The summed E-state index contributed by atoms with van der Waals surface area (Å²) in [5, 5.41) is 11.8. The second-order valence-corrected chi connectivity index (χ2v) is 8.85. The predicted molar refractivity (Wildman–Crippen MR) is 129 cm³/mol. The first-order chi connectivity index (χ1) is 15.9. The van der Waals surface area contributed by atoms with Gasteiger partial charge in [-0.15, -0.1) is 10.2 Å². The highest BCUT2D eigenvalue weighted by atomic mass is 32.1. The monoisotopic (exact) mass is 461 g/mol. The van der Waals surface area contributed by atoms with E-state index in [0.29, 0.717) is 22.6 Å². The van der Waals surface area contributed by atoms with Crippen LogP contribution in [0.5, 0.6) is 0 Å². The molecule has 0 bridgehead atoms. The van der Waals surface area contributed by atoms with Gasteiger partial charge in [0.25, 0.3) is 5.56 Å². The van der Waals surface area contributed by atoms with Crippen LogP contribution in [0.2, 0.25) is 0 Å². The molecule has 9 heteroatoms. The topological polar surface area (TPSA) is 98.9 Å². The molecule has 0 unspecified atom stereocenters. The SMILES string of the molecule is CC(C)c1ccc(-c2nnc(NC(=O)Cn3c(=O)ccn(Cc4ccccc4)c3=O)s2)cc1. The van der Waals surface area contributed by atoms with Crippen molar-refractivity contribution in [3.63, 3.8) is 0 Å². The van der Waals surface area contributed by atoms with Gasteiger partial charge in [0.15, 0.2) is 0 Å². The molecule has 4 aromatic rings. The third-order valence-electron chi connectivity index (χ3n) is 5.13. The Bertz CT molecular complexity index is 1370. The van der Waals surface area contributed by atoms with Crippen molar-refractivity contribution >= 4 is 22.4 Å². The summed E-state index contributed by atoms with van der Waals surface area (Å²) in [6, 6.07) is 18.7. The number of aromatic nitrogens is 4. The summed E-state index contributed by atoms with van der Waals surface area (Å²) in [6.07, 6.45) is 1.44. The molecule has 0 aliphatic carbocycles. The van der Waals surface area contributed by atoms with Gasteiger partial charge in [0.2, 0.25) is 11.0 Å². The van der Waals surface area contributed by atoms with E-state index in [1.165, 1.54) is 33.7 Å². The minimum Gasteiger partial charge on any atom is -0.299 e. The van der Waals surface area contributed by atoms with Gasteiger partial charge in [-0.05, 0) is 17.0 Å². The summed E-state index contributed by atoms with van der Waals surface area (Å²) >= 11 is 1.23. The van der Waals surface area contributed by atoms with Gasteiger partial charge in [-0.2, -0.15) is 0 Å². The third kappa shape index (κ3) is 5.32. The van der Waals surface area contributed by atoms with Crippen LogP contribution >= 0.6 is 11.3 Å². The number of rotatable bonds is 7. The number of amides is 1. The molecule has 0 spiro atoms. The van der Waals surface area contributed by atoms with Crippen LogP contribution in [-0.4, -0.2) is 25.2 Å². The molecule has 2 aromatic carbocycles. The van der Waals surface area contributed by atoms with Crippen LogP contribution in [0.3, 0.4) is 0 Å². The second kappa shape index (κ2) is 9.74. The summed E-state index contributed by atoms with van der Waals surface area (Å²) in [7, 11) is 0. The molecule has 8 nitrogen and oxygen atoms in total. The number of nitrogens with one attached hydrogen (secondary N) is 1. The summed E-state index contributed by atoms with van der Waals surface area (Å²) in [4.78, 5) is 37.5. The van der Waals surface area contributed by atoms with E-state index in [9.17, 15) is 14.4 Å². The van der Waals surface area contributed by atoms with Crippen LogP contribution in [0, 0.1) is 0 Å². The first-order valence-corrected chi connectivity index (χ1v) is 11.3. The fraction of sp³-hybridized carbons (Fsp3) is 0.208. The highest BCUT2D eigenvalue weighted by molar-refractivity contribution is 7.18. The van der Waals surface area contributed by atoms with Crippen molar-refractivity contribution in [2.24, 2.45) is 0 Å². The maximum absolute atomic E-state index is 12.8. The summed E-state index contributed by atoms with van der Waals surface area (Å²) in [5.41, 5.74) is 1.95. The molecule has 4 rings (SSSR count). The van der Waals surface area contributed by atoms with Gasteiger partial charge >= 0.3 is 5.69 Å². The van der Waals surface area contributed by atoms with Gasteiger partial charge in [-0.3, -0.25) is 24.0 Å². The average Bonchev–Trinajstić information content (AvgIpc) is 3.27. The first-order valence-electron chi connectivity index (χ1n) is 10.5. The molecule has 0 aliphatic heterocycles. The number of carbonyl (C=O) groups is 1. The van der Waals surface area contributed by atoms with Crippen molar-refractivity contribution in [2.75, 3.05) is 5.32 Å². The first kappa shape index (κ1) is 22.3. The Labute approximate surface area is 194 Å². The van der Waals surface area contributed by atoms with Gasteiger partial charge in [0.05, 0.1) is 6.54 Å². The number of anilines is 1. The fourth-order valence-electron chi connectivity index (χ4n) is 3.31. The Morgan fingerprint density at radius 3 is 2.42 bits per heavy atom. The molecule has 2 heterocycles. The van der Waals surface area contributed by atoms with Crippen molar-refractivity contribution in [3.8, 4) is 10.6 Å². The summed E-state index contributed by atoms with van der Waals surface area (Å²) in [6.45, 7) is 4.15. The minimum atomic E-state index is -0.551. The van der Waals surface area contributed by atoms with Crippen LogP contribution in [0.15, 0.2) is 76.4 Å². The van der Waals surface area contributed by atoms with Crippen molar-refractivity contribution < 1.29 is 4.79 Å². The average molecular weight is 462 g/mol. The molecule has 0 radical (unpaired) electrons. The Morgan fingerprint density at radius 2 is 1.73 bits per heavy atom. The van der Waals surface area contributed by atoms with Gasteiger partial charge in [0, 0.05) is 17.8 Å². The number of benzene rings is 2. The molecule has 168 valence electrons. The van der Waals surface area contributed by atoms with Crippen LogP contribution in [-0.2, 0) is 17.9 Å². The number of nitrogens with zero attached hydrogens (tertiary/aromatic N) is 4. The van der Waals surface area contributed by atoms with Gasteiger partial charge in [0.1, 0.15) is 11.6 Å². The largest absolute Gasteiger partial charge is 0.331 e. The number of hydrogen-bond acceptors (Lipinski definition) is 6. The molecule has 33 heavy (non-hydrogen) atoms. The van der Waals surface area contributed by atoms with E-state index in [1.54, 1.807) is 0 Å². The van der Waals surface area contributed by atoms with Gasteiger partial charge in [-0.25, -0.2) is 4.79 Å². The summed E-state index contributed by atoms with van der Waals surface area (Å²) < 4.78 is 2.30. The van der Waals surface area contributed by atoms with Gasteiger partial charge < -0.3 is 0 Å². The second-order valence-electron chi connectivity index (χ2n) is 7.87. The van der Waals surface area contributed by atoms with E-state index >= 15 is 0 Å². The molecular formula is C24H23N5O3S. The van der Waals surface area contributed by atoms with Crippen molar-refractivity contribution in [1.82, 2.24) is 19.3 Å².